The summed E-state index contributed by atoms with van der Waals surface area (Å²) in [6.07, 6.45) is 10.1. The fourth-order valence-corrected chi connectivity index (χ4v) is 4.82. The Balaban J connectivity index is 1.44. The molecule has 0 atom stereocenters. The van der Waals surface area contributed by atoms with Crippen LogP contribution in [0.1, 0.15) is 52.4 Å². The maximum absolute atomic E-state index is 13.4. The number of nitrogens with zero attached hydrogens (tertiary/aromatic N) is 5. The van der Waals surface area contributed by atoms with Crippen LogP contribution in [0.15, 0.2) is 47.9 Å². The first-order valence-electron chi connectivity index (χ1n) is 10.6. The SMILES string of the molecule is Cc1ccn(-c2cccc3c2CCC3)c(=O)c1C(=O)N1CCC(n2cnnc2)CC1. The maximum atomic E-state index is 13.4. The van der Waals surface area contributed by atoms with Gasteiger partial charge in [-0.2, -0.15) is 0 Å². The van der Waals surface area contributed by atoms with Gasteiger partial charge in [0.1, 0.15) is 18.2 Å². The quantitative estimate of drug-likeness (QED) is 0.674. The van der Waals surface area contributed by atoms with Gasteiger partial charge in [-0.15, -0.1) is 10.2 Å². The molecule has 2 aromatic heterocycles. The third-order valence-electron chi connectivity index (χ3n) is 6.51. The molecule has 0 bridgehead atoms. The molecule has 0 saturated carbocycles. The number of aryl methyl sites for hydroxylation is 2. The van der Waals surface area contributed by atoms with Crippen LogP contribution in [-0.4, -0.2) is 43.2 Å². The van der Waals surface area contributed by atoms with Crippen molar-refractivity contribution in [2.45, 2.75) is 45.1 Å². The van der Waals surface area contributed by atoms with Crippen LogP contribution in [-0.2, 0) is 12.8 Å². The van der Waals surface area contributed by atoms with Gasteiger partial charge in [-0.1, -0.05) is 12.1 Å². The van der Waals surface area contributed by atoms with Crippen LogP contribution in [0.5, 0.6) is 0 Å². The van der Waals surface area contributed by atoms with E-state index in [0.717, 1.165) is 43.4 Å². The Morgan fingerprint density at radius 2 is 1.83 bits per heavy atom. The molecule has 1 aliphatic heterocycles. The lowest BCUT2D eigenvalue weighted by Crippen LogP contribution is -2.42. The minimum atomic E-state index is -0.221. The molecule has 0 unspecified atom stereocenters. The van der Waals surface area contributed by atoms with Crippen molar-refractivity contribution in [3.63, 3.8) is 0 Å². The molecule has 1 fully saturated rings. The summed E-state index contributed by atoms with van der Waals surface area (Å²) in [5.74, 6) is -0.165. The molecule has 5 rings (SSSR count). The summed E-state index contributed by atoms with van der Waals surface area (Å²) in [6.45, 7) is 3.09. The molecule has 1 aromatic carbocycles. The zero-order chi connectivity index (χ0) is 20.7. The van der Waals surface area contributed by atoms with Gasteiger partial charge in [0.25, 0.3) is 11.5 Å². The highest BCUT2D eigenvalue weighted by molar-refractivity contribution is 5.95. The minimum Gasteiger partial charge on any atom is -0.338 e. The highest BCUT2D eigenvalue weighted by Crippen LogP contribution is 2.28. The normalized spacial score (nSPS) is 16.6. The molecular formula is C23H25N5O2. The highest BCUT2D eigenvalue weighted by Gasteiger charge is 2.28. The number of piperidine rings is 1. The van der Waals surface area contributed by atoms with Gasteiger partial charge in [0, 0.05) is 25.3 Å². The minimum absolute atomic E-state index is 0.165. The van der Waals surface area contributed by atoms with Gasteiger partial charge in [0.15, 0.2) is 0 Å². The number of hydrogen-bond acceptors (Lipinski definition) is 4. The Bertz CT molecular complexity index is 1140. The molecule has 1 aliphatic carbocycles. The molecule has 2 aliphatic rings. The van der Waals surface area contributed by atoms with Crippen LogP contribution < -0.4 is 5.56 Å². The summed E-state index contributed by atoms with van der Waals surface area (Å²) in [5.41, 5.74) is 4.25. The standard InChI is InChI=1S/C23H25N5O2/c1-16-8-13-28(20-7-3-5-17-4-2-6-19(17)20)23(30)21(16)22(29)26-11-9-18(10-12-26)27-14-24-25-15-27/h3,5,7-8,13-15,18H,2,4,6,9-12H2,1H3. The molecule has 7 heteroatoms. The number of carbonyl (C=O) groups is 1. The first-order valence-corrected chi connectivity index (χ1v) is 10.6. The Labute approximate surface area is 175 Å². The first-order chi connectivity index (χ1) is 14.6. The molecular weight excluding hydrogens is 378 g/mol. The Kier molecular flexibility index (Phi) is 4.73. The predicted octanol–water partition coefficient (Wildman–Crippen LogP) is 2.70. The van der Waals surface area contributed by atoms with Gasteiger partial charge in [-0.25, -0.2) is 0 Å². The molecule has 154 valence electrons. The van der Waals surface area contributed by atoms with Gasteiger partial charge in [0.05, 0.1) is 5.69 Å². The van der Waals surface area contributed by atoms with E-state index in [0.29, 0.717) is 19.1 Å². The Morgan fingerprint density at radius 3 is 2.60 bits per heavy atom. The van der Waals surface area contributed by atoms with E-state index in [-0.39, 0.29) is 17.0 Å². The number of carbonyl (C=O) groups excluding carboxylic acids is 1. The molecule has 3 heterocycles. The molecule has 0 radical (unpaired) electrons. The summed E-state index contributed by atoms with van der Waals surface area (Å²) in [7, 11) is 0. The van der Waals surface area contributed by atoms with E-state index in [2.05, 4.69) is 16.3 Å². The van der Waals surface area contributed by atoms with E-state index in [1.54, 1.807) is 23.4 Å². The van der Waals surface area contributed by atoms with Crippen molar-refractivity contribution >= 4 is 5.91 Å². The number of likely N-dealkylation sites (tertiary alicyclic amines) is 1. The number of amides is 1. The lowest BCUT2D eigenvalue weighted by molar-refractivity contribution is 0.0691. The predicted molar refractivity (Wildman–Crippen MR) is 113 cm³/mol. The third kappa shape index (κ3) is 3.14. The second-order valence-corrected chi connectivity index (χ2v) is 8.25. The lowest BCUT2D eigenvalue weighted by atomic mass is 10.0. The van der Waals surface area contributed by atoms with Crippen LogP contribution >= 0.6 is 0 Å². The topological polar surface area (TPSA) is 73.0 Å². The summed E-state index contributed by atoms with van der Waals surface area (Å²) in [6, 6.07) is 8.30. The zero-order valence-corrected chi connectivity index (χ0v) is 17.1. The van der Waals surface area contributed by atoms with E-state index in [1.165, 1.54) is 11.1 Å². The zero-order valence-electron chi connectivity index (χ0n) is 17.1. The summed E-state index contributed by atoms with van der Waals surface area (Å²) in [5, 5.41) is 7.75. The molecule has 3 aromatic rings. The van der Waals surface area contributed by atoms with Crippen molar-refractivity contribution < 1.29 is 4.79 Å². The number of fused-ring (bicyclic) bond motifs is 1. The lowest BCUT2D eigenvalue weighted by Gasteiger charge is -2.32. The van der Waals surface area contributed by atoms with Crippen molar-refractivity contribution in [3.05, 3.63) is 75.7 Å². The van der Waals surface area contributed by atoms with Gasteiger partial charge in [-0.05, 0) is 67.9 Å². The van der Waals surface area contributed by atoms with E-state index >= 15 is 0 Å². The average Bonchev–Trinajstić information content (AvgIpc) is 3.46. The van der Waals surface area contributed by atoms with Crippen molar-refractivity contribution in [1.29, 1.82) is 0 Å². The second kappa shape index (κ2) is 7.55. The average molecular weight is 403 g/mol. The largest absolute Gasteiger partial charge is 0.338 e. The first kappa shape index (κ1) is 18.8. The third-order valence-corrected chi connectivity index (χ3v) is 6.51. The molecule has 0 spiro atoms. The smallest absolute Gasteiger partial charge is 0.268 e. The molecule has 1 saturated heterocycles. The van der Waals surface area contributed by atoms with Crippen molar-refractivity contribution in [2.24, 2.45) is 0 Å². The van der Waals surface area contributed by atoms with Crippen molar-refractivity contribution in [3.8, 4) is 5.69 Å². The number of hydrogen-bond donors (Lipinski definition) is 0. The van der Waals surface area contributed by atoms with Crippen LogP contribution in [0, 0.1) is 6.92 Å². The fourth-order valence-electron chi connectivity index (χ4n) is 4.82. The van der Waals surface area contributed by atoms with E-state index in [9.17, 15) is 9.59 Å². The Hall–Kier alpha value is -3.22. The van der Waals surface area contributed by atoms with Crippen LogP contribution in [0.4, 0.5) is 0 Å². The molecule has 1 amide bonds. The van der Waals surface area contributed by atoms with E-state index in [1.807, 2.05) is 34.6 Å². The van der Waals surface area contributed by atoms with Crippen molar-refractivity contribution in [2.75, 3.05) is 13.1 Å². The monoisotopic (exact) mass is 403 g/mol. The van der Waals surface area contributed by atoms with Crippen LogP contribution in [0.3, 0.4) is 0 Å². The number of rotatable bonds is 3. The fraction of sp³-hybridized carbons (Fsp3) is 0.391. The molecule has 0 N–H and O–H groups in total. The second-order valence-electron chi connectivity index (χ2n) is 8.25. The summed E-state index contributed by atoms with van der Waals surface area (Å²) in [4.78, 5) is 28.6. The van der Waals surface area contributed by atoms with Crippen LogP contribution in [0.25, 0.3) is 5.69 Å². The molecule has 7 nitrogen and oxygen atoms in total. The van der Waals surface area contributed by atoms with Gasteiger partial charge in [0.2, 0.25) is 0 Å². The van der Waals surface area contributed by atoms with Gasteiger partial charge >= 0.3 is 0 Å². The Morgan fingerprint density at radius 1 is 1.07 bits per heavy atom. The number of aromatic nitrogens is 4. The molecule has 30 heavy (non-hydrogen) atoms. The number of benzene rings is 1. The number of pyridine rings is 1. The van der Waals surface area contributed by atoms with Crippen molar-refractivity contribution in [1.82, 2.24) is 24.2 Å². The van der Waals surface area contributed by atoms with Crippen LogP contribution in [0.2, 0.25) is 0 Å². The van der Waals surface area contributed by atoms with E-state index in [4.69, 9.17) is 0 Å². The van der Waals surface area contributed by atoms with Gasteiger partial charge < -0.3 is 9.47 Å². The maximum Gasteiger partial charge on any atom is 0.268 e. The van der Waals surface area contributed by atoms with E-state index < -0.39 is 0 Å². The summed E-state index contributed by atoms with van der Waals surface area (Å²) >= 11 is 0. The van der Waals surface area contributed by atoms with Gasteiger partial charge in [-0.3, -0.25) is 14.2 Å². The summed E-state index contributed by atoms with van der Waals surface area (Å²) < 4.78 is 3.66. The highest BCUT2D eigenvalue weighted by atomic mass is 16.2.